The SMILES string of the molecule is Cc1ccc(Cn2nc(C)c(/C=C/C(=O)OCC(=O)Nc3cccc(C)c3C)c2C)cc1. The van der Waals surface area contributed by atoms with E-state index in [2.05, 4.69) is 41.6 Å². The highest BCUT2D eigenvalue weighted by molar-refractivity contribution is 5.95. The van der Waals surface area contributed by atoms with E-state index >= 15 is 0 Å². The largest absolute Gasteiger partial charge is 0.452 e. The molecule has 32 heavy (non-hydrogen) atoms. The van der Waals surface area contributed by atoms with Crippen molar-refractivity contribution in [2.75, 3.05) is 11.9 Å². The van der Waals surface area contributed by atoms with E-state index < -0.39 is 5.97 Å². The van der Waals surface area contributed by atoms with Gasteiger partial charge in [-0.3, -0.25) is 9.48 Å². The Balaban J connectivity index is 1.58. The Morgan fingerprint density at radius 3 is 2.47 bits per heavy atom. The number of aryl methyl sites for hydroxylation is 3. The molecule has 0 saturated heterocycles. The van der Waals surface area contributed by atoms with E-state index in [9.17, 15) is 9.59 Å². The summed E-state index contributed by atoms with van der Waals surface area (Å²) in [6.07, 6.45) is 3.02. The molecule has 0 aliphatic rings. The number of carbonyl (C=O) groups excluding carboxylic acids is 2. The van der Waals surface area contributed by atoms with Crippen LogP contribution in [0.25, 0.3) is 6.08 Å². The van der Waals surface area contributed by atoms with Gasteiger partial charge in [0.2, 0.25) is 0 Å². The number of nitrogens with one attached hydrogen (secondary N) is 1. The third-order valence-electron chi connectivity index (χ3n) is 5.50. The highest BCUT2D eigenvalue weighted by Crippen LogP contribution is 2.18. The van der Waals surface area contributed by atoms with Gasteiger partial charge in [-0.1, -0.05) is 42.0 Å². The van der Waals surface area contributed by atoms with Crippen molar-refractivity contribution in [2.45, 2.75) is 41.2 Å². The number of esters is 1. The molecule has 2 aromatic carbocycles. The summed E-state index contributed by atoms with van der Waals surface area (Å²) in [6, 6.07) is 14.0. The Hall–Kier alpha value is -3.67. The average Bonchev–Trinajstić information content (AvgIpc) is 3.02. The van der Waals surface area contributed by atoms with Crippen LogP contribution in [0.4, 0.5) is 5.69 Å². The predicted octanol–water partition coefficient (Wildman–Crippen LogP) is 4.67. The fourth-order valence-electron chi connectivity index (χ4n) is 3.38. The quantitative estimate of drug-likeness (QED) is 0.436. The molecule has 1 N–H and O–H groups in total. The Morgan fingerprint density at radius 1 is 1.03 bits per heavy atom. The monoisotopic (exact) mass is 431 g/mol. The molecule has 0 unspecified atom stereocenters. The summed E-state index contributed by atoms with van der Waals surface area (Å²) in [4.78, 5) is 24.3. The topological polar surface area (TPSA) is 73.2 Å². The first-order valence-electron chi connectivity index (χ1n) is 10.5. The molecule has 1 aromatic heterocycles. The van der Waals surface area contributed by atoms with E-state index in [1.165, 1.54) is 11.6 Å². The van der Waals surface area contributed by atoms with Crippen molar-refractivity contribution in [3.8, 4) is 0 Å². The molecule has 0 fully saturated rings. The Labute approximate surface area is 188 Å². The van der Waals surface area contributed by atoms with Gasteiger partial charge in [0, 0.05) is 23.0 Å². The summed E-state index contributed by atoms with van der Waals surface area (Å²) in [6.45, 7) is 10.2. The minimum absolute atomic E-state index is 0.346. The summed E-state index contributed by atoms with van der Waals surface area (Å²) >= 11 is 0. The highest BCUT2D eigenvalue weighted by Gasteiger charge is 2.11. The van der Waals surface area contributed by atoms with Crippen molar-refractivity contribution in [2.24, 2.45) is 0 Å². The molecule has 0 aliphatic carbocycles. The Morgan fingerprint density at radius 2 is 1.75 bits per heavy atom. The summed E-state index contributed by atoms with van der Waals surface area (Å²) in [5, 5.41) is 7.37. The third kappa shape index (κ3) is 5.72. The van der Waals surface area contributed by atoms with Crippen LogP contribution >= 0.6 is 0 Å². The van der Waals surface area contributed by atoms with Gasteiger partial charge >= 0.3 is 5.97 Å². The first kappa shape index (κ1) is 23.0. The summed E-state index contributed by atoms with van der Waals surface area (Å²) in [5.74, 6) is -0.954. The van der Waals surface area contributed by atoms with Crippen LogP contribution in [-0.2, 0) is 20.9 Å². The van der Waals surface area contributed by atoms with Crippen molar-refractivity contribution in [3.05, 3.63) is 87.7 Å². The van der Waals surface area contributed by atoms with E-state index in [1.807, 2.05) is 50.6 Å². The lowest BCUT2D eigenvalue weighted by Gasteiger charge is -2.10. The molecule has 3 aromatic rings. The van der Waals surface area contributed by atoms with Crippen LogP contribution < -0.4 is 5.32 Å². The van der Waals surface area contributed by atoms with Gasteiger partial charge in [0.15, 0.2) is 6.61 Å². The Bertz CT molecular complexity index is 1160. The fourth-order valence-corrected chi connectivity index (χ4v) is 3.38. The van der Waals surface area contributed by atoms with Crippen LogP contribution in [0.2, 0.25) is 0 Å². The third-order valence-corrected chi connectivity index (χ3v) is 5.50. The van der Waals surface area contributed by atoms with Crippen molar-refractivity contribution in [1.82, 2.24) is 9.78 Å². The molecule has 166 valence electrons. The Kier molecular flexibility index (Phi) is 7.25. The number of nitrogens with zero attached hydrogens (tertiary/aromatic N) is 2. The van der Waals surface area contributed by atoms with Crippen LogP contribution in [0.5, 0.6) is 0 Å². The number of hydrogen-bond acceptors (Lipinski definition) is 4. The normalized spacial score (nSPS) is 11.0. The zero-order valence-electron chi connectivity index (χ0n) is 19.2. The molecule has 1 amide bonds. The van der Waals surface area contributed by atoms with Gasteiger partial charge in [-0.15, -0.1) is 0 Å². The number of aromatic nitrogens is 2. The number of rotatable bonds is 7. The van der Waals surface area contributed by atoms with Gasteiger partial charge in [0.25, 0.3) is 5.91 Å². The van der Waals surface area contributed by atoms with Crippen molar-refractivity contribution in [1.29, 1.82) is 0 Å². The smallest absolute Gasteiger partial charge is 0.331 e. The zero-order chi connectivity index (χ0) is 23.3. The second-order valence-corrected chi connectivity index (χ2v) is 7.96. The predicted molar refractivity (Wildman–Crippen MR) is 127 cm³/mol. The standard InChI is InChI=1S/C26H29N3O3/c1-17-9-11-22(12-10-17)15-29-21(5)23(20(4)28-29)13-14-26(31)32-16-25(30)27-24-8-6-7-18(2)19(24)3/h6-14H,15-16H2,1-5H3,(H,27,30)/b14-13+. The molecular formula is C26H29N3O3. The molecule has 0 atom stereocenters. The highest BCUT2D eigenvalue weighted by atomic mass is 16.5. The van der Waals surface area contributed by atoms with Gasteiger partial charge in [-0.2, -0.15) is 5.10 Å². The molecular weight excluding hydrogens is 402 g/mol. The average molecular weight is 432 g/mol. The minimum atomic E-state index is -0.578. The van der Waals surface area contributed by atoms with Crippen molar-refractivity contribution in [3.63, 3.8) is 0 Å². The van der Waals surface area contributed by atoms with E-state index in [0.717, 1.165) is 33.6 Å². The van der Waals surface area contributed by atoms with E-state index in [1.54, 1.807) is 6.08 Å². The van der Waals surface area contributed by atoms with Crippen LogP contribution in [0.15, 0.2) is 48.5 Å². The van der Waals surface area contributed by atoms with Crippen LogP contribution in [0, 0.1) is 34.6 Å². The van der Waals surface area contributed by atoms with Crippen LogP contribution in [0.3, 0.4) is 0 Å². The molecule has 3 rings (SSSR count). The molecule has 6 nitrogen and oxygen atoms in total. The number of anilines is 1. The second-order valence-electron chi connectivity index (χ2n) is 7.96. The molecule has 0 bridgehead atoms. The molecule has 0 aliphatic heterocycles. The number of hydrogen-bond donors (Lipinski definition) is 1. The summed E-state index contributed by atoms with van der Waals surface area (Å²) < 4.78 is 7.02. The van der Waals surface area contributed by atoms with E-state index in [-0.39, 0.29) is 12.5 Å². The first-order valence-corrected chi connectivity index (χ1v) is 10.5. The number of benzene rings is 2. The summed E-state index contributed by atoms with van der Waals surface area (Å²) in [7, 11) is 0. The first-order chi connectivity index (χ1) is 15.2. The maximum absolute atomic E-state index is 12.1. The second kappa shape index (κ2) is 10.1. The van der Waals surface area contributed by atoms with Crippen LogP contribution in [-0.4, -0.2) is 28.3 Å². The van der Waals surface area contributed by atoms with Crippen molar-refractivity contribution >= 4 is 23.6 Å². The lowest BCUT2D eigenvalue weighted by Crippen LogP contribution is -2.20. The summed E-state index contributed by atoms with van der Waals surface area (Å²) in [5.41, 5.74) is 7.81. The zero-order valence-corrected chi connectivity index (χ0v) is 19.2. The molecule has 6 heteroatoms. The number of amides is 1. The van der Waals surface area contributed by atoms with Crippen molar-refractivity contribution < 1.29 is 14.3 Å². The van der Waals surface area contributed by atoms with Gasteiger partial charge in [-0.25, -0.2) is 4.79 Å². The minimum Gasteiger partial charge on any atom is -0.452 e. The maximum atomic E-state index is 12.1. The lowest BCUT2D eigenvalue weighted by molar-refractivity contribution is -0.142. The molecule has 1 heterocycles. The fraction of sp³-hybridized carbons (Fsp3) is 0.269. The van der Waals surface area contributed by atoms with Gasteiger partial charge in [-0.05, 0) is 63.5 Å². The molecule has 0 radical (unpaired) electrons. The number of ether oxygens (including phenoxy) is 1. The maximum Gasteiger partial charge on any atom is 0.331 e. The van der Waals surface area contributed by atoms with E-state index in [4.69, 9.17) is 4.74 Å². The van der Waals surface area contributed by atoms with Gasteiger partial charge in [0.1, 0.15) is 0 Å². The number of carbonyl (C=O) groups is 2. The van der Waals surface area contributed by atoms with Gasteiger partial charge < -0.3 is 10.1 Å². The van der Waals surface area contributed by atoms with Crippen LogP contribution in [0.1, 0.15) is 39.2 Å². The lowest BCUT2D eigenvalue weighted by atomic mass is 10.1. The molecule has 0 spiro atoms. The van der Waals surface area contributed by atoms with Gasteiger partial charge in [0.05, 0.1) is 12.2 Å². The van der Waals surface area contributed by atoms with E-state index in [0.29, 0.717) is 12.2 Å². The molecule has 0 saturated carbocycles.